The van der Waals surface area contributed by atoms with Crippen LogP contribution in [-0.4, -0.2) is 94.9 Å². The molecule has 3 aromatic rings. The SMILES string of the molecule is Cc1c[nH]c2ncnc(C3=CCN(C(=O)Nc4cccc(C(=O)N5CCN(S(C)(=O)=O)CC5)c4)CC3)c12. The number of amides is 3. The predicted octanol–water partition coefficient (Wildman–Crippen LogP) is 2.30. The van der Waals surface area contributed by atoms with Crippen LogP contribution >= 0.6 is 0 Å². The number of H-pyrrole nitrogens is 1. The number of aromatic amines is 1. The Morgan fingerprint density at radius 1 is 1.05 bits per heavy atom. The Morgan fingerprint density at radius 3 is 2.54 bits per heavy atom. The summed E-state index contributed by atoms with van der Waals surface area (Å²) in [5.74, 6) is -0.189. The fraction of sp³-hybridized carbons (Fsp3) is 0.360. The van der Waals surface area contributed by atoms with Gasteiger partial charge in [-0.05, 0) is 42.7 Å². The highest BCUT2D eigenvalue weighted by Gasteiger charge is 2.27. The smallest absolute Gasteiger partial charge is 0.322 e. The number of hydrogen-bond acceptors (Lipinski definition) is 6. The standard InChI is InChI=1S/C25H29N7O4S/c1-17-15-26-23-21(17)22(27-16-28-23)18-6-8-31(9-7-18)25(34)29-20-5-3-4-19(14-20)24(33)30-10-12-32(13-11-30)37(2,35)36/h3-6,14-16H,7-13H2,1-2H3,(H,29,34)(H,26,27,28). The zero-order valence-corrected chi connectivity index (χ0v) is 21.6. The molecule has 2 aliphatic heterocycles. The maximum absolute atomic E-state index is 13.0. The highest BCUT2D eigenvalue weighted by molar-refractivity contribution is 7.88. The van der Waals surface area contributed by atoms with Gasteiger partial charge in [0.1, 0.15) is 12.0 Å². The van der Waals surface area contributed by atoms with E-state index in [9.17, 15) is 18.0 Å². The Morgan fingerprint density at radius 2 is 1.84 bits per heavy atom. The van der Waals surface area contributed by atoms with Gasteiger partial charge in [-0.25, -0.2) is 23.2 Å². The number of nitrogens with zero attached hydrogens (tertiary/aromatic N) is 5. The molecule has 0 radical (unpaired) electrons. The fourth-order valence-corrected chi connectivity index (χ4v) is 5.59. The molecule has 194 valence electrons. The lowest BCUT2D eigenvalue weighted by Gasteiger charge is -2.33. The Bertz CT molecular complexity index is 1490. The van der Waals surface area contributed by atoms with E-state index < -0.39 is 10.0 Å². The van der Waals surface area contributed by atoms with Gasteiger partial charge in [-0.3, -0.25) is 4.79 Å². The predicted molar refractivity (Wildman–Crippen MR) is 141 cm³/mol. The van der Waals surface area contributed by atoms with E-state index in [4.69, 9.17) is 0 Å². The van der Waals surface area contributed by atoms with Crippen LogP contribution in [0, 0.1) is 6.92 Å². The Kier molecular flexibility index (Phi) is 6.69. The number of fused-ring (bicyclic) bond motifs is 1. The van der Waals surface area contributed by atoms with Crippen LogP contribution in [-0.2, 0) is 10.0 Å². The average molecular weight is 524 g/mol. The monoisotopic (exact) mass is 523 g/mol. The molecule has 0 saturated carbocycles. The fourth-order valence-electron chi connectivity index (χ4n) is 4.77. The molecular formula is C25H29N7O4S. The van der Waals surface area contributed by atoms with Gasteiger partial charge in [-0.1, -0.05) is 12.1 Å². The van der Waals surface area contributed by atoms with Gasteiger partial charge in [0.05, 0.1) is 11.9 Å². The summed E-state index contributed by atoms with van der Waals surface area (Å²) in [6.07, 6.45) is 7.33. The molecule has 37 heavy (non-hydrogen) atoms. The van der Waals surface area contributed by atoms with E-state index in [0.29, 0.717) is 43.9 Å². The van der Waals surface area contributed by atoms with Crippen molar-refractivity contribution in [3.8, 4) is 0 Å². The Labute approximate surface area is 215 Å². The van der Waals surface area contributed by atoms with Crippen molar-refractivity contribution in [3.05, 3.63) is 59.7 Å². The minimum atomic E-state index is -3.27. The van der Waals surface area contributed by atoms with E-state index in [1.807, 2.05) is 19.2 Å². The number of aromatic nitrogens is 3. The lowest BCUT2D eigenvalue weighted by atomic mass is 10.0. The third-order valence-corrected chi connectivity index (χ3v) is 8.13. The minimum absolute atomic E-state index is 0.189. The Balaban J connectivity index is 1.22. The molecule has 4 heterocycles. The van der Waals surface area contributed by atoms with E-state index in [1.165, 1.54) is 10.6 Å². The lowest BCUT2D eigenvalue weighted by Crippen LogP contribution is -2.50. The number of carbonyl (C=O) groups is 2. The van der Waals surface area contributed by atoms with Crippen molar-refractivity contribution in [1.29, 1.82) is 0 Å². The molecule has 3 amide bonds. The summed E-state index contributed by atoms with van der Waals surface area (Å²) >= 11 is 0. The third kappa shape index (κ3) is 5.20. The number of piperazine rings is 1. The van der Waals surface area contributed by atoms with Crippen LogP contribution in [0.15, 0.2) is 42.9 Å². The molecule has 0 bridgehead atoms. The van der Waals surface area contributed by atoms with Crippen LogP contribution in [0.25, 0.3) is 16.6 Å². The van der Waals surface area contributed by atoms with Gasteiger partial charge in [0, 0.05) is 62.1 Å². The van der Waals surface area contributed by atoms with Gasteiger partial charge in [0.15, 0.2) is 0 Å². The molecule has 2 N–H and O–H groups in total. The molecule has 12 heteroatoms. The van der Waals surface area contributed by atoms with Crippen molar-refractivity contribution in [2.75, 3.05) is 50.8 Å². The van der Waals surface area contributed by atoms with Crippen molar-refractivity contribution < 1.29 is 18.0 Å². The minimum Gasteiger partial charge on any atom is -0.346 e. The molecule has 2 aromatic heterocycles. The maximum atomic E-state index is 13.0. The second kappa shape index (κ2) is 9.94. The van der Waals surface area contributed by atoms with E-state index in [0.717, 1.165) is 27.9 Å². The first-order valence-corrected chi connectivity index (χ1v) is 13.9. The van der Waals surface area contributed by atoms with Crippen molar-refractivity contribution in [3.63, 3.8) is 0 Å². The van der Waals surface area contributed by atoms with Crippen LogP contribution in [0.3, 0.4) is 0 Å². The Hall–Kier alpha value is -3.77. The highest BCUT2D eigenvalue weighted by atomic mass is 32.2. The number of nitrogens with one attached hydrogen (secondary N) is 2. The second-order valence-corrected chi connectivity index (χ2v) is 11.3. The molecule has 0 aliphatic carbocycles. The van der Waals surface area contributed by atoms with Crippen molar-refractivity contribution in [1.82, 2.24) is 29.1 Å². The molecular weight excluding hydrogens is 494 g/mol. The number of anilines is 1. The summed E-state index contributed by atoms with van der Waals surface area (Å²) in [6, 6.07) is 6.58. The number of carbonyl (C=O) groups excluding carboxylic acids is 2. The molecule has 1 aromatic carbocycles. The van der Waals surface area contributed by atoms with E-state index >= 15 is 0 Å². The zero-order chi connectivity index (χ0) is 26.2. The molecule has 5 rings (SSSR count). The van der Waals surface area contributed by atoms with Gasteiger partial charge in [-0.15, -0.1) is 0 Å². The molecule has 1 fully saturated rings. The highest BCUT2D eigenvalue weighted by Crippen LogP contribution is 2.28. The average Bonchev–Trinajstić information content (AvgIpc) is 3.29. The van der Waals surface area contributed by atoms with Gasteiger partial charge in [0.2, 0.25) is 10.0 Å². The zero-order valence-electron chi connectivity index (χ0n) is 20.8. The summed E-state index contributed by atoms with van der Waals surface area (Å²) in [5.41, 5.74) is 4.84. The van der Waals surface area contributed by atoms with Crippen LogP contribution < -0.4 is 5.32 Å². The summed E-state index contributed by atoms with van der Waals surface area (Å²) in [4.78, 5) is 41.2. The number of urea groups is 1. The molecule has 2 aliphatic rings. The summed E-state index contributed by atoms with van der Waals surface area (Å²) in [5, 5.41) is 3.90. The van der Waals surface area contributed by atoms with Gasteiger partial charge >= 0.3 is 6.03 Å². The summed E-state index contributed by atoms with van der Waals surface area (Å²) in [6.45, 7) is 4.20. The van der Waals surface area contributed by atoms with Crippen LogP contribution in [0.2, 0.25) is 0 Å². The first-order chi connectivity index (χ1) is 17.7. The summed E-state index contributed by atoms with van der Waals surface area (Å²) < 4.78 is 24.8. The molecule has 0 spiro atoms. The first-order valence-electron chi connectivity index (χ1n) is 12.1. The van der Waals surface area contributed by atoms with Gasteiger partial charge in [-0.2, -0.15) is 4.31 Å². The van der Waals surface area contributed by atoms with Gasteiger partial charge in [0.25, 0.3) is 5.91 Å². The van der Waals surface area contributed by atoms with Crippen LogP contribution in [0.1, 0.15) is 28.0 Å². The molecule has 0 unspecified atom stereocenters. The van der Waals surface area contributed by atoms with Crippen LogP contribution in [0.4, 0.5) is 10.5 Å². The maximum Gasteiger partial charge on any atom is 0.322 e. The van der Waals surface area contributed by atoms with Crippen molar-refractivity contribution >= 4 is 44.3 Å². The van der Waals surface area contributed by atoms with Crippen molar-refractivity contribution in [2.45, 2.75) is 13.3 Å². The quantitative estimate of drug-likeness (QED) is 0.540. The number of hydrogen-bond donors (Lipinski definition) is 2. The van der Waals surface area contributed by atoms with E-state index in [-0.39, 0.29) is 25.0 Å². The number of benzene rings is 1. The topological polar surface area (TPSA) is 132 Å². The first kappa shape index (κ1) is 24.9. The van der Waals surface area contributed by atoms with E-state index in [2.05, 4.69) is 20.3 Å². The van der Waals surface area contributed by atoms with Gasteiger partial charge < -0.3 is 20.1 Å². The normalized spacial score (nSPS) is 17.1. The number of aryl methyl sites for hydroxylation is 1. The number of rotatable bonds is 4. The largest absolute Gasteiger partial charge is 0.346 e. The van der Waals surface area contributed by atoms with E-state index in [1.54, 1.807) is 40.4 Å². The third-order valence-electron chi connectivity index (χ3n) is 6.82. The molecule has 11 nitrogen and oxygen atoms in total. The molecule has 0 atom stereocenters. The molecule has 1 saturated heterocycles. The number of sulfonamides is 1. The van der Waals surface area contributed by atoms with Crippen LogP contribution in [0.5, 0.6) is 0 Å². The lowest BCUT2D eigenvalue weighted by molar-refractivity contribution is 0.0698. The summed E-state index contributed by atoms with van der Waals surface area (Å²) in [7, 11) is -3.27. The second-order valence-electron chi connectivity index (χ2n) is 9.31. The van der Waals surface area contributed by atoms with Crippen molar-refractivity contribution in [2.24, 2.45) is 0 Å².